The van der Waals surface area contributed by atoms with Crippen LogP contribution in [0, 0.1) is 0 Å². The van der Waals surface area contributed by atoms with Crippen LogP contribution in [0.4, 0.5) is 10.6 Å². The first-order valence-corrected chi connectivity index (χ1v) is 9.85. The number of carbonyl (C=O) groups excluding carboxylic acids is 2. The standard InChI is InChI=1S/C25H25N3O3/c1-25(2,3)31-24(30)28-23-16-20(13-14-27-23)21-11-9-18(17-7-5-4-6-8-17)15-19(21)10-12-22(26)29/h4-16H,1-3H3,(H2,26,29)(H,27,28,30)/b12-10+. The molecule has 0 unspecified atom stereocenters. The number of primary amides is 1. The summed E-state index contributed by atoms with van der Waals surface area (Å²) in [4.78, 5) is 27.6. The van der Waals surface area contributed by atoms with Crippen molar-refractivity contribution in [3.8, 4) is 22.3 Å². The first-order valence-electron chi connectivity index (χ1n) is 9.85. The zero-order valence-corrected chi connectivity index (χ0v) is 17.8. The number of nitrogens with zero attached hydrogens (tertiary/aromatic N) is 1. The molecule has 0 saturated carbocycles. The van der Waals surface area contributed by atoms with Crippen LogP contribution in [0.15, 0.2) is 72.9 Å². The van der Waals surface area contributed by atoms with Crippen molar-refractivity contribution in [2.75, 3.05) is 5.32 Å². The number of amides is 2. The topological polar surface area (TPSA) is 94.3 Å². The van der Waals surface area contributed by atoms with Crippen LogP contribution in [0.1, 0.15) is 26.3 Å². The van der Waals surface area contributed by atoms with E-state index in [1.54, 1.807) is 39.1 Å². The van der Waals surface area contributed by atoms with Crippen molar-refractivity contribution in [2.24, 2.45) is 5.73 Å². The molecule has 0 aliphatic heterocycles. The lowest BCUT2D eigenvalue weighted by molar-refractivity contribution is -0.113. The fraction of sp³-hybridized carbons (Fsp3) is 0.160. The molecule has 1 heterocycles. The van der Waals surface area contributed by atoms with Crippen LogP contribution in [0.2, 0.25) is 0 Å². The van der Waals surface area contributed by atoms with Crippen LogP contribution in [0.25, 0.3) is 28.3 Å². The Morgan fingerprint density at radius 2 is 1.71 bits per heavy atom. The van der Waals surface area contributed by atoms with Gasteiger partial charge in [-0.25, -0.2) is 9.78 Å². The number of benzene rings is 2. The SMILES string of the molecule is CC(C)(C)OC(=O)Nc1cc(-c2ccc(-c3ccccc3)cc2/C=C/C(N)=O)ccn1. The predicted octanol–water partition coefficient (Wildman–Crippen LogP) is 5.26. The van der Waals surface area contributed by atoms with Crippen LogP contribution in [-0.2, 0) is 9.53 Å². The molecule has 2 amide bonds. The Morgan fingerprint density at radius 1 is 0.968 bits per heavy atom. The molecule has 3 aromatic rings. The van der Waals surface area contributed by atoms with E-state index in [4.69, 9.17) is 10.5 Å². The molecule has 0 saturated heterocycles. The fourth-order valence-electron chi connectivity index (χ4n) is 3.02. The smallest absolute Gasteiger partial charge is 0.413 e. The first kappa shape index (κ1) is 21.8. The van der Waals surface area contributed by atoms with E-state index in [1.165, 1.54) is 6.08 Å². The van der Waals surface area contributed by atoms with Gasteiger partial charge in [0.25, 0.3) is 0 Å². The molecular formula is C25H25N3O3. The van der Waals surface area contributed by atoms with Crippen LogP contribution < -0.4 is 11.1 Å². The highest BCUT2D eigenvalue weighted by Gasteiger charge is 2.17. The highest BCUT2D eigenvalue weighted by molar-refractivity contribution is 5.93. The van der Waals surface area contributed by atoms with E-state index in [0.29, 0.717) is 5.82 Å². The highest BCUT2D eigenvalue weighted by Crippen LogP contribution is 2.31. The lowest BCUT2D eigenvalue weighted by Crippen LogP contribution is -2.27. The summed E-state index contributed by atoms with van der Waals surface area (Å²) in [5.74, 6) is -0.165. The molecule has 0 aliphatic rings. The van der Waals surface area contributed by atoms with E-state index in [9.17, 15) is 9.59 Å². The second-order valence-electron chi connectivity index (χ2n) is 7.96. The molecular weight excluding hydrogens is 390 g/mol. The molecule has 6 heteroatoms. The first-order chi connectivity index (χ1) is 14.7. The Morgan fingerprint density at radius 3 is 2.39 bits per heavy atom. The summed E-state index contributed by atoms with van der Waals surface area (Å²) < 4.78 is 5.29. The largest absolute Gasteiger partial charge is 0.444 e. The van der Waals surface area contributed by atoms with Gasteiger partial charge in [-0.3, -0.25) is 10.1 Å². The predicted molar refractivity (Wildman–Crippen MR) is 123 cm³/mol. The van der Waals surface area contributed by atoms with Gasteiger partial charge in [-0.15, -0.1) is 0 Å². The summed E-state index contributed by atoms with van der Waals surface area (Å²) in [6.07, 6.45) is 4.04. The maximum absolute atomic E-state index is 12.1. The number of rotatable bonds is 5. The third-order valence-electron chi connectivity index (χ3n) is 4.29. The number of anilines is 1. The minimum Gasteiger partial charge on any atom is -0.444 e. The van der Waals surface area contributed by atoms with E-state index in [1.807, 2.05) is 54.6 Å². The van der Waals surface area contributed by atoms with Gasteiger partial charge in [0.15, 0.2) is 0 Å². The van der Waals surface area contributed by atoms with Gasteiger partial charge < -0.3 is 10.5 Å². The van der Waals surface area contributed by atoms with Gasteiger partial charge in [0, 0.05) is 12.3 Å². The maximum atomic E-state index is 12.1. The summed E-state index contributed by atoms with van der Waals surface area (Å²) in [6.45, 7) is 5.38. The zero-order chi connectivity index (χ0) is 22.4. The second kappa shape index (κ2) is 9.26. The van der Waals surface area contributed by atoms with Gasteiger partial charge in [0.1, 0.15) is 11.4 Å². The number of hydrogen-bond acceptors (Lipinski definition) is 4. The number of carbonyl (C=O) groups is 2. The quantitative estimate of drug-likeness (QED) is 0.556. The summed E-state index contributed by atoms with van der Waals surface area (Å²) >= 11 is 0. The zero-order valence-electron chi connectivity index (χ0n) is 17.8. The van der Waals surface area contributed by atoms with Crippen molar-refractivity contribution in [2.45, 2.75) is 26.4 Å². The average Bonchev–Trinajstić information content (AvgIpc) is 2.71. The number of pyridine rings is 1. The van der Waals surface area contributed by atoms with E-state index < -0.39 is 17.6 Å². The van der Waals surface area contributed by atoms with E-state index in [2.05, 4.69) is 10.3 Å². The number of hydrogen-bond donors (Lipinski definition) is 2. The van der Waals surface area contributed by atoms with Gasteiger partial charge in [-0.05, 0) is 72.9 Å². The van der Waals surface area contributed by atoms with Crippen molar-refractivity contribution in [3.05, 3.63) is 78.5 Å². The van der Waals surface area contributed by atoms with Crippen molar-refractivity contribution < 1.29 is 14.3 Å². The molecule has 3 rings (SSSR count). The van der Waals surface area contributed by atoms with Crippen LogP contribution in [0.5, 0.6) is 0 Å². The molecule has 0 fully saturated rings. The van der Waals surface area contributed by atoms with Gasteiger partial charge in [-0.2, -0.15) is 0 Å². The Kier molecular flexibility index (Phi) is 6.50. The number of aromatic nitrogens is 1. The third-order valence-corrected chi connectivity index (χ3v) is 4.29. The monoisotopic (exact) mass is 415 g/mol. The molecule has 0 bridgehead atoms. The lowest BCUT2D eigenvalue weighted by Gasteiger charge is -2.19. The fourth-order valence-corrected chi connectivity index (χ4v) is 3.02. The second-order valence-corrected chi connectivity index (χ2v) is 7.96. The van der Waals surface area contributed by atoms with Gasteiger partial charge >= 0.3 is 6.09 Å². The average molecular weight is 415 g/mol. The number of nitrogens with one attached hydrogen (secondary N) is 1. The maximum Gasteiger partial charge on any atom is 0.413 e. The van der Waals surface area contributed by atoms with Crippen LogP contribution in [-0.4, -0.2) is 22.6 Å². The molecule has 6 nitrogen and oxygen atoms in total. The normalized spacial score (nSPS) is 11.3. The van der Waals surface area contributed by atoms with Gasteiger partial charge in [-0.1, -0.05) is 42.5 Å². The molecule has 1 aromatic heterocycles. The Balaban J connectivity index is 1.97. The Bertz CT molecular complexity index is 1120. The molecule has 158 valence electrons. The minimum atomic E-state index is -0.609. The van der Waals surface area contributed by atoms with E-state index in [0.717, 1.165) is 27.8 Å². The molecule has 0 spiro atoms. The molecule has 31 heavy (non-hydrogen) atoms. The molecule has 0 aliphatic carbocycles. The summed E-state index contributed by atoms with van der Waals surface area (Å²) in [5, 5.41) is 2.65. The van der Waals surface area contributed by atoms with Crippen molar-refractivity contribution in [1.82, 2.24) is 4.98 Å². The van der Waals surface area contributed by atoms with Crippen LogP contribution in [0.3, 0.4) is 0 Å². The highest BCUT2D eigenvalue weighted by atomic mass is 16.6. The summed E-state index contributed by atoms with van der Waals surface area (Å²) in [7, 11) is 0. The molecule has 0 atom stereocenters. The van der Waals surface area contributed by atoms with E-state index in [-0.39, 0.29) is 0 Å². The Hall–Kier alpha value is -3.93. The van der Waals surface area contributed by atoms with Crippen molar-refractivity contribution in [3.63, 3.8) is 0 Å². The minimum absolute atomic E-state index is 0.365. The van der Waals surface area contributed by atoms with E-state index >= 15 is 0 Å². The molecule has 0 radical (unpaired) electrons. The lowest BCUT2D eigenvalue weighted by atomic mass is 9.95. The number of nitrogens with two attached hydrogens (primary N) is 1. The molecule has 3 N–H and O–H groups in total. The molecule has 2 aromatic carbocycles. The van der Waals surface area contributed by atoms with Crippen LogP contribution >= 0.6 is 0 Å². The van der Waals surface area contributed by atoms with Crippen molar-refractivity contribution >= 4 is 23.9 Å². The van der Waals surface area contributed by atoms with Gasteiger partial charge in [0.05, 0.1) is 0 Å². The number of ether oxygens (including phenoxy) is 1. The van der Waals surface area contributed by atoms with Gasteiger partial charge in [0.2, 0.25) is 5.91 Å². The third kappa shape index (κ3) is 6.27. The summed E-state index contributed by atoms with van der Waals surface area (Å²) in [5.41, 5.74) is 9.28. The van der Waals surface area contributed by atoms with Crippen molar-refractivity contribution in [1.29, 1.82) is 0 Å². The summed E-state index contributed by atoms with van der Waals surface area (Å²) in [6, 6.07) is 19.5. The Labute approximate surface area is 181 Å².